The summed E-state index contributed by atoms with van der Waals surface area (Å²) in [4.78, 5) is 0. The zero-order valence-corrected chi connectivity index (χ0v) is 7.36. The SMILES string of the molecule is CC#C[C@@]1(O)CO[C@@H]2[C@@H](O)CO[C@@H]21. The van der Waals surface area contributed by atoms with Gasteiger partial charge in [-0.2, -0.15) is 0 Å². The van der Waals surface area contributed by atoms with Crippen molar-refractivity contribution in [3.8, 4) is 11.8 Å². The number of hydrogen-bond acceptors (Lipinski definition) is 4. The maximum Gasteiger partial charge on any atom is 0.177 e. The Kier molecular flexibility index (Phi) is 2.05. The first-order valence-corrected chi connectivity index (χ1v) is 4.25. The molecule has 0 amide bonds. The zero-order valence-electron chi connectivity index (χ0n) is 7.36. The number of fused-ring (bicyclic) bond motifs is 1. The average Bonchev–Trinajstić information content (AvgIpc) is 2.58. The molecular formula is C9H12O4. The minimum absolute atomic E-state index is 0.111. The topological polar surface area (TPSA) is 58.9 Å². The van der Waals surface area contributed by atoms with Crippen LogP contribution in [0.2, 0.25) is 0 Å². The van der Waals surface area contributed by atoms with Gasteiger partial charge >= 0.3 is 0 Å². The first-order chi connectivity index (χ1) is 6.17. The molecule has 4 heteroatoms. The van der Waals surface area contributed by atoms with Gasteiger partial charge in [-0.15, -0.1) is 5.92 Å². The Labute approximate surface area is 76.5 Å². The van der Waals surface area contributed by atoms with E-state index >= 15 is 0 Å². The molecule has 2 saturated heterocycles. The third kappa shape index (κ3) is 1.25. The third-order valence-electron chi connectivity index (χ3n) is 2.43. The molecule has 0 radical (unpaired) electrons. The Bertz CT molecular complexity index is 267. The van der Waals surface area contributed by atoms with Crippen molar-refractivity contribution in [3.05, 3.63) is 0 Å². The highest BCUT2D eigenvalue weighted by molar-refractivity contribution is 5.21. The van der Waals surface area contributed by atoms with E-state index in [1.165, 1.54) is 0 Å². The molecule has 0 unspecified atom stereocenters. The number of ether oxygens (including phenoxy) is 2. The quantitative estimate of drug-likeness (QED) is 0.469. The van der Waals surface area contributed by atoms with Crippen molar-refractivity contribution in [1.29, 1.82) is 0 Å². The second-order valence-corrected chi connectivity index (χ2v) is 3.40. The molecule has 2 N–H and O–H groups in total. The van der Waals surface area contributed by atoms with Crippen LogP contribution in [0.5, 0.6) is 0 Å². The number of aliphatic hydroxyl groups is 2. The molecule has 2 rings (SSSR count). The van der Waals surface area contributed by atoms with E-state index in [1.807, 2.05) is 0 Å². The summed E-state index contributed by atoms with van der Waals surface area (Å²) in [5, 5.41) is 19.3. The molecule has 0 aliphatic carbocycles. The second kappa shape index (κ2) is 2.96. The Hall–Kier alpha value is -0.600. The summed E-state index contributed by atoms with van der Waals surface area (Å²) in [7, 11) is 0. The first-order valence-electron chi connectivity index (χ1n) is 4.25. The van der Waals surface area contributed by atoms with E-state index in [4.69, 9.17) is 9.47 Å². The lowest BCUT2D eigenvalue weighted by Crippen LogP contribution is -2.42. The van der Waals surface area contributed by atoms with E-state index in [1.54, 1.807) is 6.92 Å². The van der Waals surface area contributed by atoms with E-state index in [2.05, 4.69) is 11.8 Å². The molecule has 0 aromatic rings. The van der Waals surface area contributed by atoms with Gasteiger partial charge in [0.1, 0.15) is 18.3 Å². The van der Waals surface area contributed by atoms with Gasteiger partial charge in [-0.1, -0.05) is 5.92 Å². The summed E-state index contributed by atoms with van der Waals surface area (Å²) in [6, 6.07) is 0. The van der Waals surface area contributed by atoms with E-state index in [0.717, 1.165) is 0 Å². The lowest BCUT2D eigenvalue weighted by molar-refractivity contribution is -0.0327. The first kappa shape index (κ1) is 8.97. The van der Waals surface area contributed by atoms with Gasteiger partial charge < -0.3 is 19.7 Å². The molecule has 0 aromatic carbocycles. The third-order valence-corrected chi connectivity index (χ3v) is 2.43. The molecule has 0 aromatic heterocycles. The molecule has 2 fully saturated rings. The summed E-state index contributed by atoms with van der Waals surface area (Å²) in [5.74, 6) is 5.29. The van der Waals surface area contributed by atoms with Crippen molar-refractivity contribution < 1.29 is 19.7 Å². The van der Waals surface area contributed by atoms with Crippen molar-refractivity contribution in [2.45, 2.75) is 30.8 Å². The Morgan fingerprint density at radius 2 is 2.23 bits per heavy atom. The van der Waals surface area contributed by atoms with Crippen LogP contribution in [-0.4, -0.2) is 47.3 Å². The second-order valence-electron chi connectivity index (χ2n) is 3.40. The van der Waals surface area contributed by atoms with Crippen LogP contribution in [0.3, 0.4) is 0 Å². The highest BCUT2D eigenvalue weighted by Gasteiger charge is 2.55. The van der Waals surface area contributed by atoms with E-state index in [-0.39, 0.29) is 13.2 Å². The molecule has 0 saturated carbocycles. The number of hydrogen-bond donors (Lipinski definition) is 2. The summed E-state index contributed by atoms with van der Waals surface area (Å²) in [6.45, 7) is 1.97. The smallest absolute Gasteiger partial charge is 0.177 e. The van der Waals surface area contributed by atoms with Crippen molar-refractivity contribution in [2.75, 3.05) is 13.2 Å². The van der Waals surface area contributed by atoms with Crippen molar-refractivity contribution in [2.24, 2.45) is 0 Å². The van der Waals surface area contributed by atoms with Gasteiger partial charge in [0.2, 0.25) is 0 Å². The molecule has 72 valence electrons. The maximum atomic E-state index is 9.94. The fourth-order valence-corrected chi connectivity index (χ4v) is 1.83. The van der Waals surface area contributed by atoms with Gasteiger partial charge in [-0.05, 0) is 6.92 Å². The number of aliphatic hydroxyl groups excluding tert-OH is 1. The van der Waals surface area contributed by atoms with Crippen LogP contribution in [0.25, 0.3) is 0 Å². The van der Waals surface area contributed by atoms with Gasteiger partial charge in [0.25, 0.3) is 0 Å². The summed E-state index contributed by atoms with van der Waals surface area (Å²) >= 11 is 0. The van der Waals surface area contributed by atoms with Gasteiger partial charge in [-0.3, -0.25) is 0 Å². The molecule has 0 bridgehead atoms. The van der Waals surface area contributed by atoms with Gasteiger partial charge in [0, 0.05) is 0 Å². The Balaban J connectivity index is 2.21. The summed E-state index contributed by atoms with van der Waals surface area (Å²) in [5.41, 5.74) is -1.24. The maximum absolute atomic E-state index is 9.94. The predicted molar refractivity (Wildman–Crippen MR) is 43.9 cm³/mol. The van der Waals surface area contributed by atoms with Crippen LogP contribution >= 0.6 is 0 Å². The molecule has 2 aliphatic heterocycles. The number of rotatable bonds is 0. The van der Waals surface area contributed by atoms with Crippen molar-refractivity contribution in [3.63, 3.8) is 0 Å². The molecule has 2 aliphatic rings. The minimum atomic E-state index is -1.24. The van der Waals surface area contributed by atoms with Crippen molar-refractivity contribution >= 4 is 0 Å². The Morgan fingerprint density at radius 3 is 2.92 bits per heavy atom. The van der Waals surface area contributed by atoms with E-state index in [9.17, 15) is 10.2 Å². The predicted octanol–water partition coefficient (Wildman–Crippen LogP) is -1.10. The molecule has 0 spiro atoms. The van der Waals surface area contributed by atoms with E-state index in [0.29, 0.717) is 0 Å². The molecule has 2 heterocycles. The molecule has 13 heavy (non-hydrogen) atoms. The fourth-order valence-electron chi connectivity index (χ4n) is 1.83. The summed E-state index contributed by atoms with van der Waals surface area (Å²) < 4.78 is 10.5. The zero-order chi connectivity index (χ0) is 9.47. The van der Waals surface area contributed by atoms with Crippen molar-refractivity contribution in [1.82, 2.24) is 0 Å². The van der Waals surface area contributed by atoms with Crippen LogP contribution in [-0.2, 0) is 9.47 Å². The van der Waals surface area contributed by atoms with Crippen LogP contribution < -0.4 is 0 Å². The van der Waals surface area contributed by atoms with Crippen LogP contribution in [0.1, 0.15) is 6.92 Å². The van der Waals surface area contributed by atoms with Crippen LogP contribution in [0, 0.1) is 11.8 Å². The minimum Gasteiger partial charge on any atom is -0.388 e. The monoisotopic (exact) mass is 184 g/mol. The van der Waals surface area contributed by atoms with Gasteiger partial charge in [0.15, 0.2) is 5.60 Å². The summed E-state index contributed by atoms with van der Waals surface area (Å²) in [6.07, 6.45) is -1.57. The van der Waals surface area contributed by atoms with E-state index < -0.39 is 23.9 Å². The lowest BCUT2D eigenvalue weighted by atomic mass is 9.97. The van der Waals surface area contributed by atoms with Crippen LogP contribution in [0.15, 0.2) is 0 Å². The molecule has 4 atom stereocenters. The largest absolute Gasteiger partial charge is 0.388 e. The highest BCUT2D eigenvalue weighted by Crippen LogP contribution is 2.33. The average molecular weight is 184 g/mol. The lowest BCUT2D eigenvalue weighted by Gasteiger charge is -2.19. The van der Waals surface area contributed by atoms with Gasteiger partial charge in [0.05, 0.1) is 13.2 Å². The fraction of sp³-hybridized carbons (Fsp3) is 0.778. The van der Waals surface area contributed by atoms with Crippen LogP contribution in [0.4, 0.5) is 0 Å². The standard InChI is InChI=1S/C9H12O4/c1-2-3-9(11)5-13-7-6(10)4-12-8(7)9/h6-8,10-11H,4-5H2,1H3/t6-,7+,8-,9+/m0/s1. The molecule has 4 nitrogen and oxygen atoms in total. The molecular weight excluding hydrogens is 172 g/mol. The van der Waals surface area contributed by atoms with Gasteiger partial charge in [-0.25, -0.2) is 0 Å². The normalized spacial score (nSPS) is 48.4. The highest BCUT2D eigenvalue weighted by atomic mass is 16.6. The Morgan fingerprint density at radius 1 is 1.46 bits per heavy atom.